The summed E-state index contributed by atoms with van der Waals surface area (Å²) in [7, 11) is 0. The van der Waals surface area contributed by atoms with Gasteiger partial charge in [0.25, 0.3) is 0 Å². The molecule has 0 aliphatic carbocycles. The highest BCUT2D eigenvalue weighted by Crippen LogP contribution is 2.15. The van der Waals surface area contributed by atoms with Crippen LogP contribution < -0.4 is 16.0 Å². The fourth-order valence-corrected chi connectivity index (χ4v) is 1.83. The standard InChI is InChI=1S/C11H21N3O2/c1-7(2)14-10(15)6-13-11(16)9-5-12-4-8(9)3/h7-9,12H,4-6H2,1-3H3,(H,13,16)(H,14,15). The van der Waals surface area contributed by atoms with Crippen LogP contribution in [0.2, 0.25) is 0 Å². The van der Waals surface area contributed by atoms with E-state index in [9.17, 15) is 9.59 Å². The predicted octanol–water partition coefficient (Wildman–Crippen LogP) is -0.517. The molecule has 1 fully saturated rings. The molecular weight excluding hydrogens is 206 g/mol. The quantitative estimate of drug-likeness (QED) is 0.605. The molecule has 0 bridgehead atoms. The van der Waals surface area contributed by atoms with Gasteiger partial charge in [-0.2, -0.15) is 0 Å². The Bertz CT molecular complexity index is 266. The molecule has 0 aromatic heterocycles. The zero-order valence-electron chi connectivity index (χ0n) is 10.2. The van der Waals surface area contributed by atoms with E-state index >= 15 is 0 Å². The summed E-state index contributed by atoms with van der Waals surface area (Å²) in [6, 6.07) is 0.108. The molecule has 2 unspecified atom stereocenters. The number of carbonyl (C=O) groups is 2. The van der Waals surface area contributed by atoms with E-state index < -0.39 is 0 Å². The van der Waals surface area contributed by atoms with E-state index in [0.29, 0.717) is 12.5 Å². The van der Waals surface area contributed by atoms with Gasteiger partial charge in [-0.15, -0.1) is 0 Å². The van der Waals surface area contributed by atoms with Gasteiger partial charge in [-0.1, -0.05) is 6.92 Å². The van der Waals surface area contributed by atoms with Crippen LogP contribution in [-0.2, 0) is 9.59 Å². The van der Waals surface area contributed by atoms with Gasteiger partial charge in [-0.3, -0.25) is 9.59 Å². The summed E-state index contributed by atoms with van der Waals surface area (Å²) in [5, 5.41) is 8.56. The van der Waals surface area contributed by atoms with Gasteiger partial charge in [0.15, 0.2) is 0 Å². The molecule has 1 aliphatic heterocycles. The van der Waals surface area contributed by atoms with Crippen LogP contribution in [0.15, 0.2) is 0 Å². The topological polar surface area (TPSA) is 70.2 Å². The predicted molar refractivity (Wildman–Crippen MR) is 61.8 cm³/mol. The highest BCUT2D eigenvalue weighted by molar-refractivity contribution is 5.86. The molecule has 2 amide bonds. The molecule has 0 aromatic rings. The van der Waals surface area contributed by atoms with Crippen molar-refractivity contribution in [1.82, 2.24) is 16.0 Å². The normalized spacial score (nSPS) is 24.5. The highest BCUT2D eigenvalue weighted by Gasteiger charge is 2.29. The summed E-state index contributed by atoms with van der Waals surface area (Å²) in [5.74, 6) is 0.165. The third kappa shape index (κ3) is 3.81. The van der Waals surface area contributed by atoms with Crippen LogP contribution in [0, 0.1) is 11.8 Å². The van der Waals surface area contributed by atoms with Crippen molar-refractivity contribution in [3.8, 4) is 0 Å². The first-order chi connectivity index (χ1) is 7.50. The first kappa shape index (κ1) is 13.0. The van der Waals surface area contributed by atoms with Crippen LogP contribution >= 0.6 is 0 Å². The number of carbonyl (C=O) groups excluding carboxylic acids is 2. The van der Waals surface area contributed by atoms with Crippen molar-refractivity contribution in [2.75, 3.05) is 19.6 Å². The summed E-state index contributed by atoms with van der Waals surface area (Å²) in [6.07, 6.45) is 0. The van der Waals surface area contributed by atoms with Crippen molar-refractivity contribution in [3.63, 3.8) is 0 Å². The lowest BCUT2D eigenvalue weighted by atomic mass is 9.97. The van der Waals surface area contributed by atoms with Crippen LogP contribution in [0.3, 0.4) is 0 Å². The molecule has 2 atom stereocenters. The van der Waals surface area contributed by atoms with E-state index in [2.05, 4.69) is 16.0 Å². The van der Waals surface area contributed by atoms with Gasteiger partial charge in [0, 0.05) is 12.6 Å². The molecule has 0 saturated carbocycles. The number of hydrogen-bond donors (Lipinski definition) is 3. The largest absolute Gasteiger partial charge is 0.352 e. The Hall–Kier alpha value is -1.10. The Labute approximate surface area is 96.4 Å². The summed E-state index contributed by atoms with van der Waals surface area (Å²) in [6.45, 7) is 7.47. The first-order valence-electron chi connectivity index (χ1n) is 5.78. The van der Waals surface area contributed by atoms with Crippen molar-refractivity contribution in [1.29, 1.82) is 0 Å². The van der Waals surface area contributed by atoms with Crippen molar-refractivity contribution in [3.05, 3.63) is 0 Å². The van der Waals surface area contributed by atoms with Crippen LogP contribution in [0.1, 0.15) is 20.8 Å². The molecule has 0 radical (unpaired) electrons. The monoisotopic (exact) mass is 227 g/mol. The van der Waals surface area contributed by atoms with Crippen LogP contribution in [-0.4, -0.2) is 37.5 Å². The Morgan fingerprint density at radius 1 is 1.38 bits per heavy atom. The third-order valence-electron chi connectivity index (χ3n) is 2.73. The highest BCUT2D eigenvalue weighted by atomic mass is 16.2. The third-order valence-corrected chi connectivity index (χ3v) is 2.73. The zero-order valence-corrected chi connectivity index (χ0v) is 10.2. The molecule has 16 heavy (non-hydrogen) atoms. The summed E-state index contributed by atoms with van der Waals surface area (Å²) in [4.78, 5) is 23.0. The second-order valence-corrected chi connectivity index (χ2v) is 4.68. The van der Waals surface area contributed by atoms with E-state index in [-0.39, 0.29) is 30.3 Å². The van der Waals surface area contributed by atoms with E-state index in [4.69, 9.17) is 0 Å². The molecule has 3 N–H and O–H groups in total. The van der Waals surface area contributed by atoms with Crippen LogP contribution in [0.4, 0.5) is 0 Å². The van der Waals surface area contributed by atoms with E-state index in [1.54, 1.807) is 0 Å². The van der Waals surface area contributed by atoms with Crippen molar-refractivity contribution in [2.24, 2.45) is 11.8 Å². The minimum absolute atomic E-state index is 0.00755. The number of rotatable bonds is 4. The minimum Gasteiger partial charge on any atom is -0.352 e. The van der Waals surface area contributed by atoms with E-state index in [1.807, 2.05) is 20.8 Å². The van der Waals surface area contributed by atoms with Crippen LogP contribution in [0.25, 0.3) is 0 Å². The first-order valence-corrected chi connectivity index (χ1v) is 5.78. The minimum atomic E-state index is -0.137. The number of amides is 2. The second-order valence-electron chi connectivity index (χ2n) is 4.68. The lowest BCUT2D eigenvalue weighted by molar-refractivity contribution is -0.129. The molecular formula is C11H21N3O2. The van der Waals surface area contributed by atoms with Gasteiger partial charge in [-0.05, 0) is 26.3 Å². The van der Waals surface area contributed by atoms with Gasteiger partial charge in [0.1, 0.15) is 0 Å². The number of nitrogens with one attached hydrogen (secondary N) is 3. The molecule has 0 spiro atoms. The maximum absolute atomic E-state index is 11.7. The SMILES string of the molecule is CC(C)NC(=O)CNC(=O)C1CNCC1C. The van der Waals surface area contributed by atoms with Crippen molar-refractivity contribution in [2.45, 2.75) is 26.8 Å². The molecule has 1 saturated heterocycles. The molecule has 5 nitrogen and oxygen atoms in total. The second kappa shape index (κ2) is 5.84. The Morgan fingerprint density at radius 3 is 2.56 bits per heavy atom. The van der Waals surface area contributed by atoms with Gasteiger partial charge >= 0.3 is 0 Å². The Balaban J connectivity index is 2.27. The van der Waals surface area contributed by atoms with Crippen molar-refractivity contribution >= 4 is 11.8 Å². The lowest BCUT2D eigenvalue weighted by Gasteiger charge is -2.14. The Morgan fingerprint density at radius 2 is 2.06 bits per heavy atom. The van der Waals surface area contributed by atoms with Gasteiger partial charge in [0.05, 0.1) is 12.5 Å². The Kier molecular flexibility index (Phi) is 4.73. The summed E-state index contributed by atoms with van der Waals surface area (Å²) < 4.78 is 0. The smallest absolute Gasteiger partial charge is 0.239 e. The molecule has 92 valence electrons. The molecule has 0 aromatic carbocycles. The maximum atomic E-state index is 11.7. The van der Waals surface area contributed by atoms with Crippen LogP contribution in [0.5, 0.6) is 0 Å². The molecule has 5 heteroatoms. The zero-order chi connectivity index (χ0) is 12.1. The van der Waals surface area contributed by atoms with Gasteiger partial charge in [-0.25, -0.2) is 0 Å². The molecule has 1 rings (SSSR count). The molecule has 1 aliphatic rings. The van der Waals surface area contributed by atoms with E-state index in [0.717, 1.165) is 6.54 Å². The average Bonchev–Trinajstić information content (AvgIpc) is 2.60. The van der Waals surface area contributed by atoms with Crippen molar-refractivity contribution < 1.29 is 9.59 Å². The van der Waals surface area contributed by atoms with Gasteiger partial charge < -0.3 is 16.0 Å². The average molecular weight is 227 g/mol. The van der Waals surface area contributed by atoms with Gasteiger partial charge in [0.2, 0.25) is 11.8 Å². The lowest BCUT2D eigenvalue weighted by Crippen LogP contribution is -2.42. The van der Waals surface area contributed by atoms with E-state index in [1.165, 1.54) is 0 Å². The molecule has 1 heterocycles. The fraction of sp³-hybridized carbons (Fsp3) is 0.818. The summed E-state index contributed by atoms with van der Waals surface area (Å²) in [5.41, 5.74) is 0. The fourth-order valence-electron chi connectivity index (χ4n) is 1.83. The number of hydrogen-bond acceptors (Lipinski definition) is 3. The summed E-state index contributed by atoms with van der Waals surface area (Å²) >= 11 is 0. The maximum Gasteiger partial charge on any atom is 0.239 e.